The molecule has 0 radical (unpaired) electrons. The number of carbonyl (C=O) groups excluding carboxylic acids is 1. The monoisotopic (exact) mass is 319 g/mol. The van der Waals surface area contributed by atoms with Crippen LogP contribution in [0.3, 0.4) is 0 Å². The van der Waals surface area contributed by atoms with E-state index in [2.05, 4.69) is 16.9 Å². The SMILES string of the molecule is C[C@H]1CCN(C(=O)c2ncncc2Cl)c2ccccc2S1. The van der Waals surface area contributed by atoms with Crippen LogP contribution in [0.1, 0.15) is 23.8 Å². The summed E-state index contributed by atoms with van der Waals surface area (Å²) in [6, 6.07) is 7.94. The lowest BCUT2D eigenvalue weighted by atomic mass is 10.2. The van der Waals surface area contributed by atoms with Crippen molar-refractivity contribution in [3.05, 3.63) is 47.5 Å². The molecule has 21 heavy (non-hydrogen) atoms. The van der Waals surface area contributed by atoms with Gasteiger partial charge in [-0.1, -0.05) is 30.7 Å². The number of hydrogen-bond acceptors (Lipinski definition) is 4. The van der Waals surface area contributed by atoms with Gasteiger partial charge in [-0.25, -0.2) is 9.97 Å². The lowest BCUT2D eigenvalue weighted by molar-refractivity contribution is 0.0981. The molecule has 2 heterocycles. The number of para-hydroxylation sites is 1. The van der Waals surface area contributed by atoms with Crippen LogP contribution in [0.25, 0.3) is 0 Å². The Labute approximate surface area is 132 Å². The summed E-state index contributed by atoms with van der Waals surface area (Å²) in [6.07, 6.45) is 3.72. The summed E-state index contributed by atoms with van der Waals surface area (Å²) >= 11 is 7.85. The molecular formula is C15H14ClN3OS. The zero-order valence-electron chi connectivity index (χ0n) is 11.5. The molecule has 0 saturated heterocycles. The molecule has 1 atom stereocenters. The molecule has 1 aliphatic rings. The molecule has 0 fully saturated rings. The molecule has 108 valence electrons. The highest BCUT2D eigenvalue weighted by atomic mass is 35.5. The second kappa shape index (κ2) is 6.03. The average Bonchev–Trinajstić information content (AvgIpc) is 2.65. The highest BCUT2D eigenvalue weighted by Crippen LogP contribution is 2.37. The van der Waals surface area contributed by atoms with E-state index in [1.165, 1.54) is 12.5 Å². The molecule has 1 aromatic heterocycles. The molecule has 0 saturated carbocycles. The molecule has 6 heteroatoms. The number of anilines is 1. The number of hydrogen-bond donors (Lipinski definition) is 0. The molecule has 1 aromatic carbocycles. The summed E-state index contributed by atoms with van der Waals surface area (Å²) in [5.74, 6) is -0.176. The Balaban J connectivity index is 2.02. The fourth-order valence-corrected chi connectivity index (χ4v) is 3.59. The first kappa shape index (κ1) is 14.4. The Morgan fingerprint density at radius 1 is 1.43 bits per heavy atom. The Bertz CT molecular complexity index is 679. The van der Waals surface area contributed by atoms with Gasteiger partial charge in [0.05, 0.1) is 10.7 Å². The van der Waals surface area contributed by atoms with Crippen molar-refractivity contribution in [3.63, 3.8) is 0 Å². The normalized spacial score (nSPS) is 18.0. The van der Waals surface area contributed by atoms with Gasteiger partial charge in [0.2, 0.25) is 0 Å². The van der Waals surface area contributed by atoms with Gasteiger partial charge in [0.15, 0.2) is 5.69 Å². The number of benzene rings is 1. The summed E-state index contributed by atoms with van der Waals surface area (Å²) in [7, 11) is 0. The van der Waals surface area contributed by atoms with Gasteiger partial charge >= 0.3 is 0 Å². The van der Waals surface area contributed by atoms with Gasteiger partial charge in [-0.2, -0.15) is 0 Å². The Kier molecular flexibility index (Phi) is 4.12. The summed E-state index contributed by atoms with van der Waals surface area (Å²) in [4.78, 5) is 23.5. The number of amides is 1. The van der Waals surface area contributed by atoms with Crippen LogP contribution in [0.5, 0.6) is 0 Å². The van der Waals surface area contributed by atoms with Crippen LogP contribution < -0.4 is 4.90 Å². The second-order valence-corrected chi connectivity index (χ2v) is 6.75. The molecular weight excluding hydrogens is 306 g/mol. The molecule has 2 aromatic rings. The Morgan fingerprint density at radius 2 is 2.24 bits per heavy atom. The van der Waals surface area contributed by atoms with E-state index >= 15 is 0 Å². The molecule has 1 amide bonds. The number of thioether (sulfide) groups is 1. The molecule has 0 N–H and O–H groups in total. The topological polar surface area (TPSA) is 46.1 Å². The van der Waals surface area contributed by atoms with E-state index in [-0.39, 0.29) is 16.6 Å². The number of fused-ring (bicyclic) bond motifs is 1. The van der Waals surface area contributed by atoms with Crippen molar-refractivity contribution in [2.24, 2.45) is 0 Å². The summed E-state index contributed by atoms with van der Waals surface area (Å²) in [6.45, 7) is 2.83. The van der Waals surface area contributed by atoms with Crippen LogP contribution in [-0.4, -0.2) is 27.7 Å². The summed E-state index contributed by atoms with van der Waals surface area (Å²) in [5.41, 5.74) is 1.17. The molecule has 0 spiro atoms. The Hall–Kier alpha value is -1.59. The van der Waals surface area contributed by atoms with Gasteiger partial charge in [0.1, 0.15) is 6.33 Å². The minimum atomic E-state index is -0.176. The van der Waals surface area contributed by atoms with Crippen LogP contribution in [0.15, 0.2) is 41.7 Å². The van der Waals surface area contributed by atoms with Gasteiger partial charge in [-0.05, 0) is 18.6 Å². The zero-order valence-corrected chi connectivity index (χ0v) is 13.1. The van der Waals surface area contributed by atoms with Crippen LogP contribution in [0, 0.1) is 0 Å². The molecule has 4 nitrogen and oxygen atoms in total. The van der Waals surface area contributed by atoms with Crippen molar-refractivity contribution in [2.75, 3.05) is 11.4 Å². The highest BCUT2D eigenvalue weighted by Gasteiger charge is 2.26. The standard InChI is InChI=1S/C15H14ClN3OS/c1-10-6-7-19(12-4-2-3-5-13(12)21-10)15(20)14-11(16)8-17-9-18-14/h2-5,8-10H,6-7H2,1H3/t10-/m0/s1. The molecule has 0 unspecified atom stereocenters. The van der Waals surface area contributed by atoms with Crippen molar-refractivity contribution in [1.82, 2.24) is 9.97 Å². The van der Waals surface area contributed by atoms with Crippen LogP contribution in [0.2, 0.25) is 5.02 Å². The molecule has 0 aliphatic carbocycles. The third-order valence-corrected chi connectivity index (χ3v) is 4.87. The first-order valence-corrected chi connectivity index (χ1v) is 7.95. The minimum absolute atomic E-state index is 0.176. The molecule has 1 aliphatic heterocycles. The van der Waals surface area contributed by atoms with Crippen LogP contribution >= 0.6 is 23.4 Å². The average molecular weight is 320 g/mol. The van der Waals surface area contributed by atoms with Crippen molar-refractivity contribution in [3.8, 4) is 0 Å². The van der Waals surface area contributed by atoms with E-state index in [0.29, 0.717) is 11.8 Å². The lowest BCUT2D eigenvalue weighted by Gasteiger charge is -2.22. The maximum Gasteiger partial charge on any atom is 0.278 e. The quantitative estimate of drug-likeness (QED) is 0.804. The summed E-state index contributed by atoms with van der Waals surface area (Å²) < 4.78 is 0. The summed E-state index contributed by atoms with van der Waals surface area (Å²) in [5, 5.41) is 0.745. The number of aromatic nitrogens is 2. The maximum atomic E-state index is 12.8. The minimum Gasteiger partial charge on any atom is -0.306 e. The number of carbonyl (C=O) groups is 1. The van der Waals surface area contributed by atoms with E-state index < -0.39 is 0 Å². The fraction of sp³-hybridized carbons (Fsp3) is 0.267. The van der Waals surface area contributed by atoms with Gasteiger partial charge in [-0.15, -0.1) is 11.8 Å². The predicted octanol–water partition coefficient (Wildman–Crippen LogP) is 3.66. The number of rotatable bonds is 1. The smallest absolute Gasteiger partial charge is 0.278 e. The third-order valence-electron chi connectivity index (χ3n) is 3.36. The van der Waals surface area contributed by atoms with E-state index in [1.54, 1.807) is 16.7 Å². The zero-order chi connectivity index (χ0) is 14.8. The van der Waals surface area contributed by atoms with E-state index in [9.17, 15) is 4.79 Å². The first-order chi connectivity index (χ1) is 10.2. The van der Waals surface area contributed by atoms with Gasteiger partial charge in [0, 0.05) is 22.9 Å². The molecule has 3 rings (SSSR count). The van der Waals surface area contributed by atoms with Crippen LogP contribution in [0.4, 0.5) is 5.69 Å². The van der Waals surface area contributed by atoms with Crippen molar-refractivity contribution in [2.45, 2.75) is 23.5 Å². The predicted molar refractivity (Wildman–Crippen MR) is 85.1 cm³/mol. The van der Waals surface area contributed by atoms with Crippen molar-refractivity contribution < 1.29 is 4.79 Å². The van der Waals surface area contributed by atoms with Gasteiger partial charge in [0.25, 0.3) is 5.91 Å². The largest absolute Gasteiger partial charge is 0.306 e. The lowest BCUT2D eigenvalue weighted by Crippen LogP contribution is -2.33. The fourth-order valence-electron chi connectivity index (χ4n) is 2.30. The second-order valence-electron chi connectivity index (χ2n) is 4.86. The van der Waals surface area contributed by atoms with Gasteiger partial charge in [-0.3, -0.25) is 4.79 Å². The van der Waals surface area contributed by atoms with Crippen molar-refractivity contribution >= 4 is 35.0 Å². The Morgan fingerprint density at radius 3 is 3.05 bits per heavy atom. The number of halogens is 1. The highest BCUT2D eigenvalue weighted by molar-refractivity contribution is 8.00. The third kappa shape index (κ3) is 2.89. The maximum absolute atomic E-state index is 12.8. The van der Waals surface area contributed by atoms with Crippen molar-refractivity contribution in [1.29, 1.82) is 0 Å². The van der Waals surface area contributed by atoms with E-state index in [0.717, 1.165) is 17.0 Å². The molecule has 0 bridgehead atoms. The first-order valence-electron chi connectivity index (χ1n) is 6.70. The van der Waals surface area contributed by atoms with E-state index in [4.69, 9.17) is 11.6 Å². The number of nitrogens with zero attached hydrogens (tertiary/aromatic N) is 3. The van der Waals surface area contributed by atoms with Gasteiger partial charge < -0.3 is 4.90 Å². The van der Waals surface area contributed by atoms with Crippen LogP contribution in [-0.2, 0) is 0 Å². The van der Waals surface area contributed by atoms with E-state index in [1.807, 2.05) is 24.3 Å².